The van der Waals surface area contributed by atoms with Gasteiger partial charge < -0.3 is 24.8 Å². The van der Waals surface area contributed by atoms with Crippen molar-refractivity contribution in [2.24, 2.45) is 0 Å². The third kappa shape index (κ3) is 4.97. The number of fused-ring (bicyclic) bond motifs is 1. The van der Waals surface area contributed by atoms with Gasteiger partial charge in [0, 0.05) is 17.9 Å². The minimum atomic E-state index is -1.20. The third-order valence-corrected chi connectivity index (χ3v) is 6.76. The van der Waals surface area contributed by atoms with Crippen molar-refractivity contribution < 1.29 is 33.9 Å². The summed E-state index contributed by atoms with van der Waals surface area (Å²) in [5, 5.41) is 23.2. The van der Waals surface area contributed by atoms with Crippen molar-refractivity contribution in [3.63, 3.8) is 0 Å². The lowest BCUT2D eigenvalue weighted by Crippen LogP contribution is -2.77. The zero-order valence-electron chi connectivity index (χ0n) is 17.7. The number of carbonyl (C=O) groups excluding carboxylic acids is 3. The molecule has 2 aliphatic heterocycles. The molecule has 2 N–H and O–H groups in total. The second kappa shape index (κ2) is 10.1. The van der Waals surface area contributed by atoms with Crippen LogP contribution in [0, 0.1) is 10.1 Å². The van der Waals surface area contributed by atoms with Crippen LogP contribution in [-0.2, 0) is 25.7 Å². The Balaban J connectivity index is 1.32. The fourth-order valence-corrected chi connectivity index (χ4v) is 5.02. The molecule has 2 saturated heterocycles. The molecule has 0 saturated carbocycles. The summed E-state index contributed by atoms with van der Waals surface area (Å²) in [7, 11) is 0. The predicted molar refractivity (Wildman–Crippen MR) is 120 cm³/mol. The van der Waals surface area contributed by atoms with E-state index in [2.05, 4.69) is 5.32 Å². The van der Waals surface area contributed by atoms with Gasteiger partial charge >= 0.3 is 5.97 Å². The average molecular weight is 487 g/mol. The van der Waals surface area contributed by atoms with Crippen molar-refractivity contribution in [2.75, 3.05) is 12.4 Å². The molecule has 11 nitrogen and oxygen atoms in total. The maximum Gasteiger partial charge on any atom is 0.331 e. The summed E-state index contributed by atoms with van der Waals surface area (Å²) < 4.78 is 10.6. The van der Waals surface area contributed by atoms with Crippen LogP contribution in [0.25, 0.3) is 0 Å². The van der Waals surface area contributed by atoms with E-state index in [4.69, 9.17) is 9.47 Å². The maximum atomic E-state index is 12.7. The molecule has 12 heteroatoms. The molecule has 0 radical (unpaired) electrons. The third-order valence-electron chi connectivity index (χ3n) is 5.38. The summed E-state index contributed by atoms with van der Waals surface area (Å²) in [5.74, 6) is -1.07. The number of ether oxygens (including phenoxy) is 2. The highest BCUT2D eigenvalue weighted by Gasteiger charge is 2.58. The van der Waals surface area contributed by atoms with Gasteiger partial charge in [-0.3, -0.25) is 19.7 Å². The molecule has 178 valence electrons. The molecule has 2 fully saturated rings. The molecule has 2 aromatic carbocycles. The number of carbonyl (C=O) groups is 3. The lowest BCUT2D eigenvalue weighted by Gasteiger charge is -2.53. The SMILES string of the molecule is O=C(COc1ccccc1)N[C@@H]1C(=O)N2C(C(=O)OCc3ccc([N+](=O)[O-])cc3)C(O)CS[C@H]12. The number of benzene rings is 2. The Bertz CT molecular complexity index is 1080. The van der Waals surface area contributed by atoms with E-state index >= 15 is 0 Å². The fourth-order valence-electron chi connectivity index (χ4n) is 3.67. The number of β-lactam (4-membered cyclic amide) rings is 1. The maximum absolute atomic E-state index is 12.7. The number of aliphatic hydroxyl groups excluding tert-OH is 1. The van der Waals surface area contributed by atoms with E-state index in [1.165, 1.54) is 40.9 Å². The minimum absolute atomic E-state index is 0.0916. The first-order valence-corrected chi connectivity index (χ1v) is 11.4. The average Bonchev–Trinajstić information content (AvgIpc) is 2.85. The van der Waals surface area contributed by atoms with E-state index in [1.807, 2.05) is 6.07 Å². The number of aliphatic hydroxyl groups is 1. The van der Waals surface area contributed by atoms with Crippen molar-refractivity contribution >= 4 is 35.2 Å². The second-order valence-electron chi connectivity index (χ2n) is 7.66. The van der Waals surface area contributed by atoms with E-state index in [0.29, 0.717) is 11.3 Å². The standard InChI is InChI=1S/C22H21N3O8S/c26-16-12-34-21-18(23-17(27)11-32-15-4-2-1-3-5-15)20(28)24(21)19(16)22(29)33-10-13-6-8-14(9-7-13)25(30)31/h1-9,16,18-19,21,26H,10-12H2,(H,23,27)/t16?,18-,19?,21-/m1/s1. The smallest absolute Gasteiger partial charge is 0.331 e. The quantitative estimate of drug-likeness (QED) is 0.239. The summed E-state index contributed by atoms with van der Waals surface area (Å²) >= 11 is 1.26. The van der Waals surface area contributed by atoms with Crippen LogP contribution >= 0.6 is 11.8 Å². The summed E-state index contributed by atoms with van der Waals surface area (Å²) in [4.78, 5) is 49.1. The molecule has 4 atom stereocenters. The van der Waals surface area contributed by atoms with Crippen LogP contribution < -0.4 is 10.1 Å². The Morgan fingerprint density at radius 2 is 1.88 bits per heavy atom. The summed E-state index contributed by atoms with van der Waals surface area (Å²) in [5.41, 5.74) is 0.430. The van der Waals surface area contributed by atoms with Crippen LogP contribution in [0.4, 0.5) is 5.69 Å². The summed E-state index contributed by atoms with van der Waals surface area (Å²) in [6.45, 7) is -0.439. The molecule has 0 aromatic heterocycles. The molecule has 0 spiro atoms. The Morgan fingerprint density at radius 3 is 2.56 bits per heavy atom. The van der Waals surface area contributed by atoms with Gasteiger partial charge in [0.1, 0.15) is 23.8 Å². The molecule has 34 heavy (non-hydrogen) atoms. The number of hydrogen-bond donors (Lipinski definition) is 2. The topological polar surface area (TPSA) is 148 Å². The Kier molecular flexibility index (Phi) is 6.98. The molecule has 2 unspecified atom stereocenters. The molecule has 4 rings (SSSR count). The van der Waals surface area contributed by atoms with Gasteiger partial charge in [0.25, 0.3) is 11.6 Å². The summed E-state index contributed by atoms with van der Waals surface area (Å²) in [6.07, 6.45) is -1.13. The van der Waals surface area contributed by atoms with E-state index in [0.717, 1.165) is 0 Å². The van der Waals surface area contributed by atoms with Crippen LogP contribution in [-0.4, -0.2) is 68.6 Å². The van der Waals surface area contributed by atoms with Crippen molar-refractivity contribution in [1.82, 2.24) is 10.2 Å². The Labute approximate surface area is 198 Å². The minimum Gasteiger partial charge on any atom is -0.484 e. The van der Waals surface area contributed by atoms with Crippen LogP contribution in [0.5, 0.6) is 5.75 Å². The van der Waals surface area contributed by atoms with E-state index in [-0.39, 0.29) is 24.7 Å². The number of nitrogens with zero attached hydrogens (tertiary/aromatic N) is 2. The van der Waals surface area contributed by atoms with Gasteiger partial charge in [-0.15, -0.1) is 11.8 Å². The van der Waals surface area contributed by atoms with Crippen LogP contribution in [0.2, 0.25) is 0 Å². The first-order chi connectivity index (χ1) is 16.3. The number of esters is 1. The summed E-state index contributed by atoms with van der Waals surface area (Å²) in [6, 6.07) is 12.2. The molecular formula is C22H21N3O8S. The largest absolute Gasteiger partial charge is 0.484 e. The van der Waals surface area contributed by atoms with Crippen LogP contribution in [0.15, 0.2) is 54.6 Å². The predicted octanol–water partition coefficient (Wildman–Crippen LogP) is 0.846. The van der Waals surface area contributed by atoms with Crippen molar-refractivity contribution in [3.05, 3.63) is 70.3 Å². The highest BCUT2D eigenvalue weighted by molar-refractivity contribution is 8.00. The van der Waals surface area contributed by atoms with Crippen LogP contribution in [0.1, 0.15) is 5.56 Å². The number of nitro benzene ring substituents is 1. The van der Waals surface area contributed by atoms with E-state index < -0.39 is 46.3 Å². The number of amides is 2. The van der Waals surface area contributed by atoms with Crippen molar-refractivity contribution in [1.29, 1.82) is 0 Å². The van der Waals surface area contributed by atoms with Gasteiger partial charge in [-0.1, -0.05) is 18.2 Å². The first kappa shape index (κ1) is 23.5. The highest BCUT2D eigenvalue weighted by atomic mass is 32.2. The molecule has 2 amide bonds. The zero-order valence-corrected chi connectivity index (χ0v) is 18.6. The normalized spacial score (nSPS) is 23.3. The van der Waals surface area contributed by atoms with Gasteiger partial charge in [0.15, 0.2) is 12.6 Å². The highest BCUT2D eigenvalue weighted by Crippen LogP contribution is 2.38. The number of nitro groups is 1. The molecule has 0 bridgehead atoms. The lowest BCUT2D eigenvalue weighted by atomic mass is 9.99. The van der Waals surface area contributed by atoms with Gasteiger partial charge in [-0.2, -0.15) is 0 Å². The van der Waals surface area contributed by atoms with Crippen molar-refractivity contribution in [3.8, 4) is 5.75 Å². The molecule has 2 heterocycles. The monoisotopic (exact) mass is 487 g/mol. The molecular weight excluding hydrogens is 466 g/mol. The number of non-ortho nitro benzene ring substituents is 1. The van der Waals surface area contributed by atoms with Gasteiger partial charge in [0.05, 0.1) is 11.0 Å². The zero-order chi connectivity index (χ0) is 24.2. The number of hydrogen-bond acceptors (Lipinski definition) is 9. The Morgan fingerprint density at radius 1 is 1.18 bits per heavy atom. The number of thioether (sulfide) groups is 1. The van der Waals surface area contributed by atoms with E-state index in [1.54, 1.807) is 24.3 Å². The first-order valence-electron chi connectivity index (χ1n) is 10.3. The van der Waals surface area contributed by atoms with E-state index in [9.17, 15) is 29.6 Å². The number of rotatable bonds is 8. The number of para-hydroxylation sites is 1. The van der Waals surface area contributed by atoms with Crippen molar-refractivity contribution in [2.45, 2.75) is 30.2 Å². The van der Waals surface area contributed by atoms with Gasteiger partial charge in [0.2, 0.25) is 5.91 Å². The van der Waals surface area contributed by atoms with Gasteiger partial charge in [-0.25, -0.2) is 4.79 Å². The van der Waals surface area contributed by atoms with Crippen LogP contribution in [0.3, 0.4) is 0 Å². The fraction of sp³-hybridized carbons (Fsp3) is 0.318. The molecule has 0 aliphatic carbocycles. The Hall–Kier alpha value is -3.64. The van der Waals surface area contributed by atoms with Gasteiger partial charge in [-0.05, 0) is 29.8 Å². The lowest BCUT2D eigenvalue weighted by molar-refractivity contribution is -0.384. The second-order valence-corrected chi connectivity index (χ2v) is 8.81. The number of nitrogens with one attached hydrogen (secondary N) is 1. The molecule has 2 aliphatic rings. The molecule has 2 aromatic rings.